The van der Waals surface area contributed by atoms with Crippen molar-refractivity contribution in [3.05, 3.63) is 154 Å². The molecule has 0 bridgehead atoms. The summed E-state index contributed by atoms with van der Waals surface area (Å²) >= 11 is 13.4. The van der Waals surface area contributed by atoms with Gasteiger partial charge in [0.05, 0.1) is 15.3 Å². The number of benzene rings is 5. The third-order valence-corrected chi connectivity index (χ3v) is 8.65. The van der Waals surface area contributed by atoms with Gasteiger partial charge < -0.3 is 16.0 Å². The van der Waals surface area contributed by atoms with Gasteiger partial charge >= 0.3 is 0 Å². The molecule has 5 aromatic rings. The summed E-state index contributed by atoms with van der Waals surface area (Å²) in [5.41, 5.74) is 4.40. The van der Waals surface area contributed by atoms with Crippen LogP contribution in [0.4, 0.5) is 11.4 Å². The quantitative estimate of drug-likeness (QED) is 0.103. The van der Waals surface area contributed by atoms with Gasteiger partial charge in [-0.15, -0.1) is 11.8 Å². The van der Waals surface area contributed by atoms with Gasteiger partial charge in [0.1, 0.15) is 5.70 Å². The minimum absolute atomic E-state index is 0.0775. The van der Waals surface area contributed by atoms with Crippen LogP contribution in [0.1, 0.15) is 22.8 Å². The van der Waals surface area contributed by atoms with Gasteiger partial charge in [-0.05, 0) is 78.2 Å². The average molecular weight is 667 g/mol. The van der Waals surface area contributed by atoms with Gasteiger partial charge in [0.25, 0.3) is 11.8 Å². The molecule has 0 fully saturated rings. The first kappa shape index (κ1) is 32.6. The minimum atomic E-state index is -0.496. The second-order valence-electron chi connectivity index (χ2n) is 10.2. The molecule has 0 spiro atoms. The maximum absolute atomic E-state index is 13.6. The van der Waals surface area contributed by atoms with Crippen molar-refractivity contribution in [2.24, 2.45) is 0 Å². The SMILES string of the molecule is CC(Sc1cccc(NC(=O)/C(=C\c2ccc(-c3ccccc3)cc2)NC(=O)c2ccccc2)c1)C(=O)Nc1ccc(Cl)c(Cl)c1. The number of anilines is 2. The van der Waals surface area contributed by atoms with Crippen LogP contribution in [0.3, 0.4) is 0 Å². The molecule has 5 aromatic carbocycles. The van der Waals surface area contributed by atoms with Crippen molar-refractivity contribution in [2.75, 3.05) is 10.6 Å². The molecule has 5 rings (SSSR count). The first-order valence-corrected chi connectivity index (χ1v) is 16.0. The van der Waals surface area contributed by atoms with Crippen molar-refractivity contribution in [1.29, 1.82) is 0 Å². The standard InChI is InChI=1S/C37H29Cl2N3O3S/c1-24(35(43)40-30-19-20-32(38)33(39)23-30)46-31-14-8-13-29(22-31)41-37(45)34(42-36(44)28-11-6-3-7-12-28)21-25-15-17-27(18-16-25)26-9-4-2-5-10-26/h2-24H,1H3,(H,40,43)(H,41,45)(H,42,44)/b34-21+. The van der Waals surface area contributed by atoms with E-state index in [1.54, 1.807) is 73.7 Å². The Kier molecular flexibility index (Phi) is 10.9. The maximum atomic E-state index is 13.6. The Balaban J connectivity index is 1.31. The van der Waals surface area contributed by atoms with Crippen LogP contribution in [0.5, 0.6) is 0 Å². The van der Waals surface area contributed by atoms with Crippen LogP contribution in [-0.4, -0.2) is 23.0 Å². The van der Waals surface area contributed by atoms with Crippen LogP contribution in [-0.2, 0) is 9.59 Å². The number of rotatable bonds is 10. The van der Waals surface area contributed by atoms with Gasteiger partial charge in [0.2, 0.25) is 5.91 Å². The van der Waals surface area contributed by atoms with Crippen LogP contribution in [0.2, 0.25) is 10.0 Å². The lowest BCUT2D eigenvalue weighted by Crippen LogP contribution is -2.30. The zero-order chi connectivity index (χ0) is 32.5. The first-order chi connectivity index (χ1) is 22.2. The van der Waals surface area contributed by atoms with E-state index in [1.807, 2.05) is 66.7 Å². The molecule has 46 heavy (non-hydrogen) atoms. The van der Waals surface area contributed by atoms with Gasteiger partial charge in [-0.3, -0.25) is 14.4 Å². The molecular weight excluding hydrogens is 637 g/mol. The van der Waals surface area contributed by atoms with E-state index in [0.29, 0.717) is 27.0 Å². The third-order valence-electron chi connectivity index (χ3n) is 6.82. The normalized spacial score (nSPS) is 11.8. The average Bonchev–Trinajstić information content (AvgIpc) is 3.07. The zero-order valence-electron chi connectivity index (χ0n) is 24.7. The van der Waals surface area contributed by atoms with Gasteiger partial charge in [-0.2, -0.15) is 0 Å². The highest BCUT2D eigenvalue weighted by atomic mass is 35.5. The fourth-order valence-electron chi connectivity index (χ4n) is 4.43. The van der Waals surface area contributed by atoms with Crippen molar-refractivity contribution in [3.63, 3.8) is 0 Å². The van der Waals surface area contributed by atoms with E-state index in [0.717, 1.165) is 21.6 Å². The molecule has 0 radical (unpaired) electrons. The van der Waals surface area contributed by atoms with Gasteiger partial charge in [0.15, 0.2) is 0 Å². The lowest BCUT2D eigenvalue weighted by atomic mass is 10.0. The molecule has 0 heterocycles. The number of hydrogen-bond donors (Lipinski definition) is 3. The molecule has 0 aliphatic carbocycles. The van der Waals surface area contributed by atoms with Crippen LogP contribution in [0.15, 0.2) is 138 Å². The van der Waals surface area contributed by atoms with Crippen molar-refractivity contribution in [3.8, 4) is 11.1 Å². The largest absolute Gasteiger partial charge is 0.325 e. The topological polar surface area (TPSA) is 87.3 Å². The van der Waals surface area contributed by atoms with Crippen molar-refractivity contribution in [2.45, 2.75) is 17.1 Å². The highest BCUT2D eigenvalue weighted by molar-refractivity contribution is 8.00. The molecule has 230 valence electrons. The molecule has 0 saturated heterocycles. The van der Waals surface area contributed by atoms with Crippen LogP contribution < -0.4 is 16.0 Å². The molecule has 0 saturated carbocycles. The summed E-state index contributed by atoms with van der Waals surface area (Å²) in [7, 11) is 0. The van der Waals surface area contributed by atoms with E-state index in [4.69, 9.17) is 23.2 Å². The van der Waals surface area contributed by atoms with Crippen molar-refractivity contribution >= 4 is 70.1 Å². The highest BCUT2D eigenvalue weighted by Crippen LogP contribution is 2.29. The Morgan fingerprint density at radius 3 is 2.02 bits per heavy atom. The van der Waals surface area contributed by atoms with Crippen molar-refractivity contribution < 1.29 is 14.4 Å². The summed E-state index contributed by atoms with van der Waals surface area (Å²) in [6.45, 7) is 1.78. The zero-order valence-corrected chi connectivity index (χ0v) is 27.0. The molecule has 6 nitrogen and oxygen atoms in total. The summed E-state index contributed by atoms with van der Waals surface area (Å²) < 4.78 is 0. The summed E-state index contributed by atoms with van der Waals surface area (Å²) in [6, 6.07) is 38.4. The smallest absolute Gasteiger partial charge is 0.272 e. The first-order valence-electron chi connectivity index (χ1n) is 14.3. The Bertz CT molecular complexity index is 1880. The molecule has 1 unspecified atom stereocenters. The van der Waals surface area contributed by atoms with Gasteiger partial charge in [-0.25, -0.2) is 0 Å². The molecule has 0 aliphatic heterocycles. The maximum Gasteiger partial charge on any atom is 0.272 e. The third kappa shape index (κ3) is 8.88. The minimum Gasteiger partial charge on any atom is -0.325 e. The van der Waals surface area contributed by atoms with E-state index < -0.39 is 17.1 Å². The summed E-state index contributed by atoms with van der Waals surface area (Å²) in [6.07, 6.45) is 1.64. The Morgan fingerprint density at radius 2 is 1.33 bits per heavy atom. The van der Waals surface area contributed by atoms with Gasteiger partial charge in [0, 0.05) is 21.8 Å². The molecular formula is C37H29Cl2N3O3S. The molecule has 3 amide bonds. The van der Waals surface area contributed by atoms with E-state index in [1.165, 1.54) is 11.8 Å². The summed E-state index contributed by atoms with van der Waals surface area (Å²) in [5, 5.41) is 8.79. The lowest BCUT2D eigenvalue weighted by Gasteiger charge is -2.14. The van der Waals surface area contributed by atoms with Crippen molar-refractivity contribution in [1.82, 2.24) is 5.32 Å². The number of amides is 3. The monoisotopic (exact) mass is 665 g/mol. The van der Waals surface area contributed by atoms with E-state index in [2.05, 4.69) is 16.0 Å². The number of carbonyl (C=O) groups excluding carboxylic acids is 3. The summed E-state index contributed by atoms with van der Waals surface area (Å²) in [4.78, 5) is 40.2. The van der Waals surface area contributed by atoms with E-state index in [9.17, 15) is 14.4 Å². The molecule has 0 aromatic heterocycles. The predicted molar refractivity (Wildman–Crippen MR) is 189 cm³/mol. The Hall–Kier alpha value is -4.82. The fraction of sp³-hybridized carbons (Fsp3) is 0.0541. The predicted octanol–water partition coefficient (Wildman–Crippen LogP) is 9.19. The molecule has 3 N–H and O–H groups in total. The van der Waals surface area contributed by atoms with Crippen LogP contribution in [0, 0.1) is 0 Å². The van der Waals surface area contributed by atoms with Crippen LogP contribution in [0.25, 0.3) is 17.2 Å². The van der Waals surface area contributed by atoms with Gasteiger partial charge in [-0.1, -0.05) is 102 Å². The van der Waals surface area contributed by atoms with E-state index >= 15 is 0 Å². The Labute approximate surface area is 281 Å². The van der Waals surface area contributed by atoms with Crippen LogP contribution >= 0.6 is 35.0 Å². The molecule has 9 heteroatoms. The second kappa shape index (κ2) is 15.5. The Morgan fingerprint density at radius 1 is 0.674 bits per heavy atom. The molecule has 0 aliphatic rings. The number of thioether (sulfide) groups is 1. The van der Waals surface area contributed by atoms with E-state index in [-0.39, 0.29) is 11.6 Å². The summed E-state index contributed by atoms with van der Waals surface area (Å²) in [5.74, 6) is -1.12. The molecule has 1 atom stereocenters. The second-order valence-corrected chi connectivity index (χ2v) is 12.5. The highest BCUT2D eigenvalue weighted by Gasteiger charge is 2.18. The number of hydrogen-bond acceptors (Lipinski definition) is 4. The number of nitrogens with one attached hydrogen (secondary N) is 3. The fourth-order valence-corrected chi connectivity index (χ4v) is 5.66. The lowest BCUT2D eigenvalue weighted by molar-refractivity contribution is -0.115. The number of carbonyl (C=O) groups is 3. The number of halogens is 2.